The minimum absolute atomic E-state index is 0. The van der Waals surface area contributed by atoms with Crippen LogP contribution < -0.4 is 5.73 Å². The van der Waals surface area contributed by atoms with E-state index in [1.807, 2.05) is 10.9 Å². The third-order valence-electron chi connectivity index (χ3n) is 1.43. The number of hydrogen-bond acceptors (Lipinski definition) is 3. The number of nitrogens with zero attached hydrogens (tertiary/aromatic N) is 1. The zero-order valence-corrected chi connectivity index (χ0v) is 9.35. The summed E-state index contributed by atoms with van der Waals surface area (Å²) in [5, 5.41) is 2.01. The van der Waals surface area contributed by atoms with Gasteiger partial charge in [-0.15, -0.1) is 36.2 Å². The molecule has 1 atom stereocenters. The van der Waals surface area contributed by atoms with Gasteiger partial charge in [0.15, 0.2) is 0 Å². The first kappa shape index (κ1) is 14.7. The lowest BCUT2D eigenvalue weighted by molar-refractivity contribution is 0.625. The maximum absolute atomic E-state index is 5.79. The highest BCUT2D eigenvalue weighted by atomic mass is 35.5. The van der Waals surface area contributed by atoms with E-state index in [0.717, 1.165) is 18.5 Å². The van der Waals surface area contributed by atoms with Crippen molar-refractivity contribution in [3.8, 4) is 0 Å². The lowest BCUT2D eigenvalue weighted by Crippen LogP contribution is -2.09. The van der Waals surface area contributed by atoms with Crippen molar-refractivity contribution < 1.29 is 0 Å². The van der Waals surface area contributed by atoms with Crippen LogP contribution in [0, 0.1) is 0 Å². The molecule has 1 heterocycles. The molecule has 5 heteroatoms. The van der Waals surface area contributed by atoms with E-state index in [4.69, 9.17) is 5.73 Å². The molecular weight excluding hydrogens is 215 g/mol. The van der Waals surface area contributed by atoms with Crippen LogP contribution in [0.15, 0.2) is 10.9 Å². The van der Waals surface area contributed by atoms with Crippen LogP contribution >= 0.6 is 36.2 Å². The van der Waals surface area contributed by atoms with Gasteiger partial charge in [-0.05, 0) is 6.42 Å². The normalized spacial score (nSPS) is 11.2. The first-order valence-electron chi connectivity index (χ1n) is 3.48. The average Bonchev–Trinajstić information content (AvgIpc) is 2.38. The molecule has 0 aliphatic rings. The van der Waals surface area contributed by atoms with Gasteiger partial charge in [0.25, 0.3) is 0 Å². The SMILES string of the molecule is CCCC(N)c1cscn1.Cl.Cl. The summed E-state index contributed by atoms with van der Waals surface area (Å²) in [7, 11) is 0. The van der Waals surface area contributed by atoms with Gasteiger partial charge in [0, 0.05) is 11.4 Å². The quantitative estimate of drug-likeness (QED) is 0.865. The third-order valence-corrected chi connectivity index (χ3v) is 2.04. The van der Waals surface area contributed by atoms with Crippen LogP contribution in [0.1, 0.15) is 31.5 Å². The summed E-state index contributed by atoms with van der Waals surface area (Å²) in [6.45, 7) is 2.13. The van der Waals surface area contributed by atoms with E-state index in [-0.39, 0.29) is 30.9 Å². The highest BCUT2D eigenvalue weighted by Gasteiger charge is 2.04. The fraction of sp³-hybridized carbons (Fsp3) is 0.571. The van der Waals surface area contributed by atoms with Gasteiger partial charge in [-0.1, -0.05) is 13.3 Å². The van der Waals surface area contributed by atoms with Crippen molar-refractivity contribution in [3.05, 3.63) is 16.6 Å². The lowest BCUT2D eigenvalue weighted by atomic mass is 10.1. The Morgan fingerprint density at radius 3 is 2.67 bits per heavy atom. The van der Waals surface area contributed by atoms with Crippen LogP contribution in [0.2, 0.25) is 0 Å². The number of thiazole rings is 1. The predicted molar refractivity (Wildman–Crippen MR) is 58.4 cm³/mol. The number of halogens is 2. The summed E-state index contributed by atoms with van der Waals surface area (Å²) >= 11 is 1.60. The Morgan fingerprint density at radius 1 is 1.58 bits per heavy atom. The van der Waals surface area contributed by atoms with Gasteiger partial charge in [-0.3, -0.25) is 0 Å². The number of aromatic nitrogens is 1. The molecule has 1 aromatic rings. The second-order valence-electron chi connectivity index (χ2n) is 2.31. The van der Waals surface area contributed by atoms with Gasteiger partial charge in [-0.25, -0.2) is 4.98 Å². The Kier molecular flexibility index (Phi) is 9.54. The molecule has 0 saturated carbocycles. The summed E-state index contributed by atoms with van der Waals surface area (Å²) in [4.78, 5) is 4.13. The van der Waals surface area contributed by atoms with Crippen LogP contribution in [0.3, 0.4) is 0 Å². The third kappa shape index (κ3) is 4.26. The summed E-state index contributed by atoms with van der Waals surface area (Å²) in [5.74, 6) is 0. The zero-order valence-electron chi connectivity index (χ0n) is 6.90. The van der Waals surface area contributed by atoms with Crippen molar-refractivity contribution in [2.24, 2.45) is 5.73 Å². The van der Waals surface area contributed by atoms with Crippen LogP contribution in [0.25, 0.3) is 0 Å². The summed E-state index contributed by atoms with van der Waals surface area (Å²) in [6, 6.07) is 0.149. The van der Waals surface area contributed by atoms with E-state index in [0.29, 0.717) is 0 Å². The van der Waals surface area contributed by atoms with E-state index in [2.05, 4.69) is 11.9 Å². The maximum Gasteiger partial charge on any atom is 0.0795 e. The van der Waals surface area contributed by atoms with E-state index in [1.54, 1.807) is 11.3 Å². The predicted octanol–water partition coefficient (Wildman–Crippen LogP) is 2.79. The van der Waals surface area contributed by atoms with Crippen molar-refractivity contribution in [3.63, 3.8) is 0 Å². The number of rotatable bonds is 3. The summed E-state index contributed by atoms with van der Waals surface area (Å²) < 4.78 is 0. The molecule has 0 bridgehead atoms. The molecule has 0 saturated heterocycles. The molecule has 1 aromatic heterocycles. The first-order valence-corrected chi connectivity index (χ1v) is 4.42. The van der Waals surface area contributed by atoms with Gasteiger partial charge in [0.1, 0.15) is 0 Å². The van der Waals surface area contributed by atoms with E-state index < -0.39 is 0 Å². The van der Waals surface area contributed by atoms with Crippen molar-refractivity contribution in [1.82, 2.24) is 4.98 Å². The Bertz CT molecular complexity index is 180. The Morgan fingerprint density at radius 2 is 2.25 bits per heavy atom. The van der Waals surface area contributed by atoms with Gasteiger partial charge < -0.3 is 5.73 Å². The van der Waals surface area contributed by atoms with Crippen molar-refractivity contribution in [1.29, 1.82) is 0 Å². The standard InChI is InChI=1S/C7H12N2S.2ClH/c1-2-3-6(8)7-4-10-5-9-7;;/h4-6H,2-3,8H2,1H3;2*1H. The van der Waals surface area contributed by atoms with Crippen molar-refractivity contribution in [2.75, 3.05) is 0 Å². The van der Waals surface area contributed by atoms with Gasteiger partial charge in [-0.2, -0.15) is 0 Å². The highest BCUT2D eigenvalue weighted by Crippen LogP contribution is 2.14. The fourth-order valence-electron chi connectivity index (χ4n) is 0.864. The minimum Gasteiger partial charge on any atom is -0.323 e. The number of nitrogens with two attached hydrogens (primary N) is 1. The smallest absolute Gasteiger partial charge is 0.0795 e. The second-order valence-corrected chi connectivity index (χ2v) is 3.03. The van der Waals surface area contributed by atoms with Crippen LogP contribution in [0.4, 0.5) is 0 Å². The highest BCUT2D eigenvalue weighted by molar-refractivity contribution is 7.07. The van der Waals surface area contributed by atoms with Crippen molar-refractivity contribution >= 4 is 36.2 Å². The lowest BCUT2D eigenvalue weighted by Gasteiger charge is -2.04. The Balaban J connectivity index is 0. The monoisotopic (exact) mass is 228 g/mol. The van der Waals surface area contributed by atoms with Crippen molar-refractivity contribution in [2.45, 2.75) is 25.8 Å². The molecule has 0 spiro atoms. The molecule has 0 aliphatic carbocycles. The summed E-state index contributed by atoms with van der Waals surface area (Å²) in [6.07, 6.45) is 2.16. The molecule has 0 radical (unpaired) electrons. The zero-order chi connectivity index (χ0) is 7.40. The first-order chi connectivity index (χ1) is 4.84. The van der Waals surface area contributed by atoms with Gasteiger partial charge in [0.05, 0.1) is 11.2 Å². The molecule has 1 rings (SSSR count). The Hall–Kier alpha value is 0.170. The van der Waals surface area contributed by atoms with E-state index in [1.165, 1.54) is 0 Å². The second kappa shape index (κ2) is 7.80. The molecule has 1 unspecified atom stereocenters. The molecule has 0 aromatic carbocycles. The molecule has 12 heavy (non-hydrogen) atoms. The topological polar surface area (TPSA) is 38.9 Å². The largest absolute Gasteiger partial charge is 0.323 e. The maximum atomic E-state index is 5.79. The number of hydrogen-bond donors (Lipinski definition) is 1. The molecule has 0 aliphatic heterocycles. The molecule has 2 N–H and O–H groups in total. The van der Waals surface area contributed by atoms with Gasteiger partial charge in [0.2, 0.25) is 0 Å². The molecule has 0 fully saturated rings. The minimum atomic E-state index is 0. The molecule has 72 valence electrons. The van der Waals surface area contributed by atoms with E-state index in [9.17, 15) is 0 Å². The average molecular weight is 229 g/mol. The van der Waals surface area contributed by atoms with E-state index >= 15 is 0 Å². The molecular formula is C7H14Cl2N2S. The van der Waals surface area contributed by atoms with Crippen LogP contribution in [0.5, 0.6) is 0 Å². The Labute approximate surface area is 89.4 Å². The van der Waals surface area contributed by atoms with Crippen LogP contribution in [-0.4, -0.2) is 4.98 Å². The molecule has 2 nitrogen and oxygen atoms in total. The van der Waals surface area contributed by atoms with Gasteiger partial charge >= 0.3 is 0 Å². The summed E-state index contributed by atoms with van der Waals surface area (Å²) in [5.41, 5.74) is 8.65. The fourth-order valence-corrected chi connectivity index (χ4v) is 1.48. The molecule has 0 amide bonds. The van der Waals surface area contributed by atoms with Crippen LogP contribution in [-0.2, 0) is 0 Å².